The molecule has 0 aliphatic heterocycles. The summed E-state index contributed by atoms with van der Waals surface area (Å²) in [6, 6.07) is 7.66. The Bertz CT molecular complexity index is 632. The van der Waals surface area contributed by atoms with Gasteiger partial charge in [0.15, 0.2) is 5.96 Å². The molecule has 2 aromatic heterocycles. The average Bonchev–Trinajstić information content (AvgIpc) is 3.08. The summed E-state index contributed by atoms with van der Waals surface area (Å²) in [6.45, 7) is 2.68. The van der Waals surface area contributed by atoms with Crippen LogP contribution in [0, 0.1) is 0 Å². The molecule has 8 heteroatoms. The maximum absolute atomic E-state index is 5.65. The molecule has 2 rings (SSSR count). The monoisotopic (exact) mass is 459 g/mol. The first-order chi connectivity index (χ1) is 11.7. The molecule has 0 saturated carbocycles. The van der Waals surface area contributed by atoms with Crippen LogP contribution in [0.5, 0.6) is 5.88 Å². The molecule has 0 amide bonds. The number of aliphatic imine (C=N–C) groups is 1. The lowest BCUT2D eigenvalue weighted by molar-refractivity contribution is 0.253. The number of pyridine rings is 1. The van der Waals surface area contributed by atoms with Gasteiger partial charge in [0.25, 0.3) is 0 Å². The molecular weight excluding hydrogens is 433 g/mol. The van der Waals surface area contributed by atoms with Crippen LogP contribution in [-0.4, -0.2) is 50.1 Å². The Balaban J connectivity index is 0.00000312. The lowest BCUT2D eigenvalue weighted by Crippen LogP contribution is -2.36. The highest BCUT2D eigenvalue weighted by atomic mass is 127. The number of furan rings is 1. The van der Waals surface area contributed by atoms with Crippen LogP contribution in [0.1, 0.15) is 11.3 Å². The fraction of sp³-hybridized carbons (Fsp3) is 0.412. The van der Waals surface area contributed by atoms with Gasteiger partial charge in [0.1, 0.15) is 12.4 Å². The van der Waals surface area contributed by atoms with Crippen molar-refractivity contribution in [2.45, 2.75) is 13.1 Å². The molecule has 0 atom stereocenters. The van der Waals surface area contributed by atoms with E-state index in [4.69, 9.17) is 9.15 Å². The number of rotatable bonds is 8. The second-order valence-electron chi connectivity index (χ2n) is 5.51. The van der Waals surface area contributed by atoms with Crippen molar-refractivity contribution in [2.75, 3.05) is 34.3 Å². The zero-order valence-corrected chi connectivity index (χ0v) is 17.2. The normalized spacial score (nSPS) is 11.1. The zero-order valence-electron chi connectivity index (χ0n) is 14.9. The SMILES string of the molecule is CN=C(NCc1ccnc(OCCN(C)C)c1)NCc1ccco1.I. The number of halogens is 1. The molecule has 0 aliphatic carbocycles. The van der Waals surface area contributed by atoms with E-state index in [1.54, 1.807) is 19.5 Å². The van der Waals surface area contributed by atoms with Gasteiger partial charge in [-0.2, -0.15) is 0 Å². The summed E-state index contributed by atoms with van der Waals surface area (Å²) in [7, 11) is 5.76. The highest BCUT2D eigenvalue weighted by Gasteiger charge is 2.03. The summed E-state index contributed by atoms with van der Waals surface area (Å²) >= 11 is 0. The summed E-state index contributed by atoms with van der Waals surface area (Å²) in [4.78, 5) is 10.5. The molecule has 0 spiro atoms. The second-order valence-corrected chi connectivity index (χ2v) is 5.51. The lowest BCUT2D eigenvalue weighted by atomic mass is 10.2. The predicted molar refractivity (Wildman–Crippen MR) is 109 cm³/mol. The van der Waals surface area contributed by atoms with Crippen molar-refractivity contribution in [1.29, 1.82) is 0 Å². The van der Waals surface area contributed by atoms with E-state index in [9.17, 15) is 0 Å². The Morgan fingerprint density at radius 1 is 1.28 bits per heavy atom. The van der Waals surface area contributed by atoms with Gasteiger partial charge in [-0.05, 0) is 37.9 Å². The van der Waals surface area contributed by atoms with Crippen molar-refractivity contribution in [3.8, 4) is 5.88 Å². The molecule has 0 aromatic carbocycles. The van der Waals surface area contributed by atoms with Crippen molar-refractivity contribution in [1.82, 2.24) is 20.5 Å². The first kappa shape index (κ1) is 21.2. The largest absolute Gasteiger partial charge is 0.476 e. The topological polar surface area (TPSA) is 74.9 Å². The van der Waals surface area contributed by atoms with Crippen molar-refractivity contribution < 1.29 is 9.15 Å². The number of nitrogens with zero attached hydrogens (tertiary/aromatic N) is 3. The van der Waals surface area contributed by atoms with Crippen LogP contribution in [0.4, 0.5) is 0 Å². The smallest absolute Gasteiger partial charge is 0.213 e. The summed E-state index contributed by atoms with van der Waals surface area (Å²) < 4.78 is 10.9. The molecule has 2 heterocycles. The molecule has 0 aliphatic rings. The van der Waals surface area contributed by atoms with Crippen LogP contribution in [0.2, 0.25) is 0 Å². The Hall–Kier alpha value is -1.81. The molecule has 0 bridgehead atoms. The minimum Gasteiger partial charge on any atom is -0.476 e. The minimum atomic E-state index is 0. The zero-order chi connectivity index (χ0) is 17.2. The lowest BCUT2D eigenvalue weighted by Gasteiger charge is -2.12. The summed E-state index contributed by atoms with van der Waals surface area (Å²) in [5, 5.41) is 6.45. The van der Waals surface area contributed by atoms with Crippen molar-refractivity contribution >= 4 is 29.9 Å². The Morgan fingerprint density at radius 2 is 2.08 bits per heavy atom. The van der Waals surface area contributed by atoms with Crippen LogP contribution < -0.4 is 15.4 Å². The third-order valence-corrected chi connectivity index (χ3v) is 3.28. The number of ether oxygens (including phenoxy) is 1. The average molecular weight is 459 g/mol. The third-order valence-electron chi connectivity index (χ3n) is 3.28. The van der Waals surface area contributed by atoms with Gasteiger partial charge in [0.2, 0.25) is 5.88 Å². The number of guanidine groups is 1. The van der Waals surface area contributed by atoms with Crippen LogP contribution in [0.25, 0.3) is 0 Å². The molecule has 0 unspecified atom stereocenters. The molecule has 25 heavy (non-hydrogen) atoms. The van der Waals surface area contributed by atoms with Gasteiger partial charge < -0.3 is 24.7 Å². The van der Waals surface area contributed by atoms with Crippen LogP contribution >= 0.6 is 24.0 Å². The van der Waals surface area contributed by atoms with Crippen LogP contribution in [0.15, 0.2) is 46.1 Å². The number of nitrogens with one attached hydrogen (secondary N) is 2. The minimum absolute atomic E-state index is 0. The molecule has 0 fully saturated rings. The van der Waals surface area contributed by atoms with E-state index in [-0.39, 0.29) is 24.0 Å². The van der Waals surface area contributed by atoms with Gasteiger partial charge >= 0.3 is 0 Å². The number of likely N-dealkylation sites (N-methyl/N-ethyl adjacent to an activating group) is 1. The van der Waals surface area contributed by atoms with E-state index < -0.39 is 0 Å². The Labute approximate surface area is 165 Å². The quantitative estimate of drug-likeness (QED) is 0.358. The maximum Gasteiger partial charge on any atom is 0.213 e. The van der Waals surface area contributed by atoms with Gasteiger partial charge in [-0.15, -0.1) is 24.0 Å². The van der Waals surface area contributed by atoms with Gasteiger partial charge in [0.05, 0.1) is 12.8 Å². The fourth-order valence-corrected chi connectivity index (χ4v) is 1.96. The Kier molecular flexibility index (Phi) is 9.93. The Morgan fingerprint density at radius 3 is 2.76 bits per heavy atom. The number of aromatic nitrogens is 1. The van der Waals surface area contributed by atoms with E-state index in [2.05, 4.69) is 25.5 Å². The van der Waals surface area contributed by atoms with E-state index in [0.717, 1.165) is 17.9 Å². The van der Waals surface area contributed by atoms with E-state index >= 15 is 0 Å². The van der Waals surface area contributed by atoms with Crippen LogP contribution in [0.3, 0.4) is 0 Å². The first-order valence-corrected chi connectivity index (χ1v) is 7.86. The summed E-state index contributed by atoms with van der Waals surface area (Å²) in [5.41, 5.74) is 1.07. The molecule has 0 saturated heterocycles. The summed E-state index contributed by atoms with van der Waals surface area (Å²) in [5.74, 6) is 2.20. The number of hydrogen-bond acceptors (Lipinski definition) is 5. The number of hydrogen-bond donors (Lipinski definition) is 2. The van der Waals surface area contributed by atoms with Crippen molar-refractivity contribution in [2.24, 2.45) is 4.99 Å². The van der Waals surface area contributed by atoms with Gasteiger partial charge in [-0.1, -0.05) is 0 Å². The summed E-state index contributed by atoms with van der Waals surface area (Å²) in [6.07, 6.45) is 3.41. The highest BCUT2D eigenvalue weighted by Crippen LogP contribution is 2.09. The standard InChI is InChI=1S/C17H25N5O2.HI/c1-18-17(21-13-15-5-4-9-23-15)20-12-14-6-7-19-16(11-14)24-10-8-22(2)3;/h4-7,9,11H,8,10,12-13H2,1-3H3,(H2,18,20,21);1H. The molecule has 2 aromatic rings. The van der Waals surface area contributed by atoms with Gasteiger partial charge in [-0.25, -0.2) is 4.98 Å². The molecular formula is C17H26IN5O2. The maximum atomic E-state index is 5.65. The van der Waals surface area contributed by atoms with Gasteiger partial charge in [-0.3, -0.25) is 4.99 Å². The van der Waals surface area contributed by atoms with E-state index in [1.165, 1.54) is 0 Å². The third kappa shape index (κ3) is 8.21. The van der Waals surface area contributed by atoms with Gasteiger partial charge in [0, 0.05) is 32.4 Å². The highest BCUT2D eigenvalue weighted by molar-refractivity contribution is 14.0. The predicted octanol–water partition coefficient (Wildman–Crippen LogP) is 2.10. The molecule has 0 radical (unpaired) electrons. The van der Waals surface area contributed by atoms with Crippen LogP contribution in [-0.2, 0) is 13.1 Å². The van der Waals surface area contributed by atoms with Crippen molar-refractivity contribution in [3.05, 3.63) is 48.0 Å². The molecule has 7 nitrogen and oxygen atoms in total. The molecule has 2 N–H and O–H groups in total. The van der Waals surface area contributed by atoms with Crippen molar-refractivity contribution in [3.63, 3.8) is 0 Å². The van der Waals surface area contributed by atoms with E-state index in [0.29, 0.717) is 31.5 Å². The second kappa shape index (κ2) is 11.7. The first-order valence-electron chi connectivity index (χ1n) is 7.86. The fourth-order valence-electron chi connectivity index (χ4n) is 1.96. The van der Waals surface area contributed by atoms with E-state index in [1.807, 2.05) is 38.4 Å². The molecule has 138 valence electrons.